The molecule has 0 saturated carbocycles. The predicted octanol–water partition coefficient (Wildman–Crippen LogP) is 3.08. The first-order valence-electron chi connectivity index (χ1n) is 7.10. The third-order valence-electron chi connectivity index (χ3n) is 3.23. The van der Waals surface area contributed by atoms with Crippen LogP contribution >= 0.6 is 0 Å². The molecule has 3 aromatic rings. The fourth-order valence-corrected chi connectivity index (χ4v) is 2.03. The smallest absolute Gasteiger partial charge is 0.338 e. The molecule has 8 heteroatoms. The fourth-order valence-electron chi connectivity index (χ4n) is 2.03. The zero-order chi connectivity index (χ0) is 17.8. The van der Waals surface area contributed by atoms with Gasteiger partial charge in [-0.15, -0.1) is 0 Å². The second-order valence-electron chi connectivity index (χ2n) is 5.01. The summed E-state index contributed by atoms with van der Waals surface area (Å²) in [6.45, 7) is 0. The number of hydrogen-bond acceptors (Lipinski definition) is 5. The minimum atomic E-state index is -1.19. The van der Waals surface area contributed by atoms with E-state index in [9.17, 15) is 14.4 Å². The van der Waals surface area contributed by atoms with Crippen molar-refractivity contribution >= 4 is 29.2 Å². The van der Waals surface area contributed by atoms with Crippen molar-refractivity contribution in [2.24, 2.45) is 0 Å². The number of benzene rings is 1. The van der Waals surface area contributed by atoms with Crippen molar-refractivity contribution in [2.75, 3.05) is 10.6 Å². The van der Waals surface area contributed by atoms with Gasteiger partial charge >= 0.3 is 5.97 Å². The van der Waals surface area contributed by atoms with Crippen LogP contribution in [0.4, 0.5) is 11.4 Å². The lowest BCUT2D eigenvalue weighted by Crippen LogP contribution is -2.13. The maximum absolute atomic E-state index is 12.1. The highest BCUT2D eigenvalue weighted by Gasteiger charge is 2.15. The number of hydrogen-bond donors (Lipinski definition) is 3. The molecule has 2 amide bonds. The Morgan fingerprint density at radius 3 is 2.20 bits per heavy atom. The number of carboxylic acid groups (broad SMARTS) is 1. The molecule has 1 aromatic carbocycles. The van der Waals surface area contributed by atoms with Gasteiger partial charge in [-0.1, -0.05) is 6.07 Å². The standard InChI is InChI=1S/C17H12N2O6/c20-15(10-4-5-24-8-10)18-12-2-1-3-13(7-12)19-16(21)14-6-11(9-25-14)17(22)23/h1-9H,(H,18,20)(H,19,21)(H,22,23). The average molecular weight is 340 g/mol. The van der Waals surface area contributed by atoms with Gasteiger partial charge in [0.05, 0.1) is 17.4 Å². The molecule has 0 aliphatic heterocycles. The molecule has 126 valence electrons. The van der Waals surface area contributed by atoms with E-state index in [1.54, 1.807) is 24.3 Å². The van der Waals surface area contributed by atoms with Crippen LogP contribution in [0.15, 0.2) is 64.0 Å². The summed E-state index contributed by atoms with van der Waals surface area (Å²) in [6.07, 6.45) is 3.69. The van der Waals surface area contributed by atoms with E-state index in [0.717, 1.165) is 12.3 Å². The molecule has 2 aromatic heterocycles. The Morgan fingerprint density at radius 2 is 1.60 bits per heavy atom. The van der Waals surface area contributed by atoms with E-state index >= 15 is 0 Å². The van der Waals surface area contributed by atoms with E-state index in [0.29, 0.717) is 16.9 Å². The van der Waals surface area contributed by atoms with Gasteiger partial charge in [0.1, 0.15) is 12.5 Å². The Morgan fingerprint density at radius 1 is 0.880 bits per heavy atom. The number of amides is 2. The zero-order valence-corrected chi connectivity index (χ0v) is 12.7. The molecule has 0 spiro atoms. The lowest BCUT2D eigenvalue weighted by Gasteiger charge is -2.07. The molecule has 0 saturated heterocycles. The molecule has 25 heavy (non-hydrogen) atoms. The van der Waals surface area contributed by atoms with Crippen LogP contribution in [0.2, 0.25) is 0 Å². The Labute approximate surface area is 141 Å². The Balaban J connectivity index is 1.69. The number of anilines is 2. The van der Waals surface area contributed by atoms with E-state index in [4.69, 9.17) is 13.9 Å². The van der Waals surface area contributed by atoms with Crippen molar-refractivity contribution in [1.82, 2.24) is 0 Å². The SMILES string of the molecule is O=C(O)c1coc(C(=O)Nc2cccc(NC(=O)c3ccoc3)c2)c1. The highest BCUT2D eigenvalue weighted by Crippen LogP contribution is 2.18. The highest BCUT2D eigenvalue weighted by molar-refractivity contribution is 6.06. The van der Waals surface area contributed by atoms with Crippen molar-refractivity contribution in [2.45, 2.75) is 0 Å². The van der Waals surface area contributed by atoms with Crippen LogP contribution in [0.1, 0.15) is 31.3 Å². The number of carbonyl (C=O) groups excluding carboxylic acids is 2. The lowest BCUT2D eigenvalue weighted by molar-refractivity contribution is 0.0695. The molecule has 0 unspecified atom stereocenters. The molecule has 0 bridgehead atoms. The summed E-state index contributed by atoms with van der Waals surface area (Å²) in [5.41, 5.74) is 1.12. The quantitative estimate of drug-likeness (QED) is 0.656. The molecular formula is C17H12N2O6. The van der Waals surface area contributed by atoms with Gasteiger partial charge in [0.25, 0.3) is 11.8 Å². The number of carbonyl (C=O) groups is 3. The molecule has 8 nitrogen and oxygen atoms in total. The summed E-state index contributed by atoms with van der Waals surface area (Å²) in [5.74, 6) is -2.28. The van der Waals surface area contributed by atoms with E-state index in [1.807, 2.05) is 0 Å². The third kappa shape index (κ3) is 3.75. The van der Waals surface area contributed by atoms with E-state index in [2.05, 4.69) is 10.6 Å². The van der Waals surface area contributed by atoms with Crippen molar-refractivity contribution in [3.05, 3.63) is 72.1 Å². The van der Waals surface area contributed by atoms with Crippen LogP contribution in [0.25, 0.3) is 0 Å². The van der Waals surface area contributed by atoms with Gasteiger partial charge in [-0.25, -0.2) is 4.79 Å². The summed E-state index contributed by atoms with van der Waals surface area (Å²) in [4.78, 5) is 34.8. The van der Waals surface area contributed by atoms with Crippen LogP contribution in [0.5, 0.6) is 0 Å². The van der Waals surface area contributed by atoms with E-state index in [-0.39, 0.29) is 17.2 Å². The molecular weight excluding hydrogens is 328 g/mol. The maximum atomic E-state index is 12.1. The molecule has 3 N–H and O–H groups in total. The van der Waals surface area contributed by atoms with Crippen LogP contribution in [-0.2, 0) is 0 Å². The number of nitrogens with one attached hydrogen (secondary N) is 2. The van der Waals surface area contributed by atoms with Gasteiger partial charge < -0.3 is 24.6 Å². The van der Waals surface area contributed by atoms with Gasteiger partial charge in [-0.2, -0.15) is 0 Å². The number of carboxylic acids is 1. The molecule has 3 rings (SSSR count). The normalized spacial score (nSPS) is 10.2. The first kappa shape index (κ1) is 16.1. The van der Waals surface area contributed by atoms with Gasteiger partial charge in [-0.05, 0) is 24.3 Å². The highest BCUT2D eigenvalue weighted by atomic mass is 16.4. The Bertz CT molecular complexity index is 926. The molecule has 0 aliphatic carbocycles. The molecule has 0 radical (unpaired) electrons. The summed E-state index contributed by atoms with van der Waals surface area (Å²) in [7, 11) is 0. The Hall–Kier alpha value is -3.81. The van der Waals surface area contributed by atoms with Gasteiger partial charge in [0.2, 0.25) is 0 Å². The summed E-state index contributed by atoms with van der Waals surface area (Å²) >= 11 is 0. The summed E-state index contributed by atoms with van der Waals surface area (Å²) in [6, 6.07) is 9.12. The van der Waals surface area contributed by atoms with Crippen molar-refractivity contribution in [1.29, 1.82) is 0 Å². The first-order valence-corrected chi connectivity index (χ1v) is 7.10. The summed E-state index contributed by atoms with van der Waals surface area (Å²) < 4.78 is 9.78. The van der Waals surface area contributed by atoms with E-state index in [1.165, 1.54) is 18.6 Å². The largest absolute Gasteiger partial charge is 0.478 e. The molecule has 2 heterocycles. The second kappa shape index (κ2) is 6.75. The number of rotatable bonds is 5. The van der Waals surface area contributed by atoms with Gasteiger partial charge in [-0.3, -0.25) is 9.59 Å². The van der Waals surface area contributed by atoms with Crippen LogP contribution in [0.3, 0.4) is 0 Å². The lowest BCUT2D eigenvalue weighted by atomic mass is 10.2. The number of furan rings is 2. The van der Waals surface area contributed by atoms with Crippen molar-refractivity contribution in [3.8, 4) is 0 Å². The van der Waals surface area contributed by atoms with E-state index < -0.39 is 11.9 Å². The van der Waals surface area contributed by atoms with Gasteiger partial charge in [0.15, 0.2) is 5.76 Å². The number of aromatic carboxylic acids is 1. The maximum Gasteiger partial charge on any atom is 0.338 e. The third-order valence-corrected chi connectivity index (χ3v) is 3.23. The molecule has 0 atom stereocenters. The van der Waals surface area contributed by atoms with Gasteiger partial charge in [0, 0.05) is 17.4 Å². The van der Waals surface area contributed by atoms with Crippen LogP contribution in [0, 0.1) is 0 Å². The fraction of sp³-hybridized carbons (Fsp3) is 0. The summed E-state index contributed by atoms with van der Waals surface area (Å²) in [5, 5.41) is 14.1. The molecule has 0 fully saturated rings. The first-order chi connectivity index (χ1) is 12.0. The van der Waals surface area contributed by atoms with Crippen molar-refractivity contribution in [3.63, 3.8) is 0 Å². The second-order valence-corrected chi connectivity index (χ2v) is 5.01. The minimum absolute atomic E-state index is 0.119. The molecule has 0 aliphatic rings. The zero-order valence-electron chi connectivity index (χ0n) is 12.7. The Kier molecular flexibility index (Phi) is 4.34. The van der Waals surface area contributed by atoms with Crippen LogP contribution in [-0.4, -0.2) is 22.9 Å². The monoisotopic (exact) mass is 340 g/mol. The minimum Gasteiger partial charge on any atom is -0.478 e. The topological polar surface area (TPSA) is 122 Å². The van der Waals surface area contributed by atoms with Crippen LogP contribution < -0.4 is 10.6 Å². The van der Waals surface area contributed by atoms with Crippen molar-refractivity contribution < 1.29 is 28.3 Å². The average Bonchev–Trinajstić information content (AvgIpc) is 3.27. The predicted molar refractivity (Wildman–Crippen MR) is 86.7 cm³/mol.